The first kappa shape index (κ1) is 21.4. The summed E-state index contributed by atoms with van der Waals surface area (Å²) in [7, 11) is -3.56. The van der Waals surface area contributed by atoms with Crippen LogP contribution in [0.25, 0.3) is 0 Å². The van der Waals surface area contributed by atoms with E-state index < -0.39 is 28.0 Å². The van der Waals surface area contributed by atoms with E-state index in [4.69, 9.17) is 4.74 Å². The Morgan fingerprint density at radius 2 is 1.61 bits per heavy atom. The number of amides is 1. The topological polar surface area (TPSA) is 102 Å². The van der Waals surface area contributed by atoms with E-state index in [-0.39, 0.29) is 17.2 Å². The van der Waals surface area contributed by atoms with Gasteiger partial charge in [-0.1, -0.05) is 49.4 Å². The Morgan fingerprint density at radius 1 is 1.00 bits per heavy atom. The van der Waals surface area contributed by atoms with Gasteiger partial charge in [0.25, 0.3) is 5.91 Å². The normalized spacial score (nSPS) is 13.2. The van der Waals surface area contributed by atoms with Gasteiger partial charge >= 0.3 is 5.97 Å². The molecule has 0 bridgehead atoms. The van der Waals surface area contributed by atoms with Crippen LogP contribution in [0.1, 0.15) is 35.7 Å². The lowest BCUT2D eigenvalue weighted by Crippen LogP contribution is -2.37. The summed E-state index contributed by atoms with van der Waals surface area (Å²) in [5, 5.41) is 2.76. The smallest absolute Gasteiger partial charge is 0.341 e. The van der Waals surface area contributed by atoms with Crippen LogP contribution in [0, 0.1) is 0 Å². The Bertz CT molecular complexity index is 929. The minimum atomic E-state index is -3.56. The van der Waals surface area contributed by atoms with Gasteiger partial charge in [0.1, 0.15) is 0 Å². The van der Waals surface area contributed by atoms with E-state index in [2.05, 4.69) is 10.0 Å². The Balaban J connectivity index is 1.96. The molecule has 150 valence electrons. The summed E-state index contributed by atoms with van der Waals surface area (Å²) in [4.78, 5) is 24.6. The minimum absolute atomic E-state index is 0.0326. The van der Waals surface area contributed by atoms with Gasteiger partial charge in [-0.3, -0.25) is 9.52 Å². The van der Waals surface area contributed by atoms with Crippen molar-refractivity contribution in [3.05, 3.63) is 65.7 Å². The zero-order valence-corrected chi connectivity index (χ0v) is 16.8. The summed E-state index contributed by atoms with van der Waals surface area (Å²) in [5.74, 6) is -1.11. The lowest BCUT2D eigenvalue weighted by Gasteiger charge is -2.17. The molecule has 0 radical (unpaired) electrons. The zero-order chi connectivity index (χ0) is 20.7. The maximum atomic E-state index is 12.4. The monoisotopic (exact) mass is 404 g/mol. The van der Waals surface area contributed by atoms with Gasteiger partial charge in [0, 0.05) is 6.54 Å². The van der Waals surface area contributed by atoms with Crippen molar-refractivity contribution in [2.45, 2.75) is 25.9 Å². The molecule has 2 aromatic rings. The van der Waals surface area contributed by atoms with Crippen LogP contribution >= 0.6 is 0 Å². The summed E-state index contributed by atoms with van der Waals surface area (Å²) >= 11 is 0. The quantitative estimate of drug-likeness (QED) is 0.659. The summed E-state index contributed by atoms with van der Waals surface area (Å²) in [6, 6.07) is 15.8. The van der Waals surface area contributed by atoms with E-state index in [9.17, 15) is 18.0 Å². The zero-order valence-electron chi connectivity index (χ0n) is 16.0. The molecule has 0 aliphatic rings. The van der Waals surface area contributed by atoms with Crippen molar-refractivity contribution in [2.75, 3.05) is 17.5 Å². The number of anilines is 1. The minimum Gasteiger partial charge on any atom is -0.449 e. The summed E-state index contributed by atoms with van der Waals surface area (Å²) in [5.41, 5.74) is 1.22. The molecule has 2 aromatic carbocycles. The predicted octanol–water partition coefficient (Wildman–Crippen LogP) is 2.52. The second-order valence-electron chi connectivity index (χ2n) is 6.52. The SMILES string of the molecule is C[C@H](OC(=O)c1ccccc1NS(C)(=O)=O)C(=O)NC[C@@H](C)c1ccccc1. The number of nitrogens with one attached hydrogen (secondary N) is 2. The number of hydrogen-bond donors (Lipinski definition) is 2. The van der Waals surface area contributed by atoms with E-state index in [1.54, 1.807) is 12.1 Å². The molecule has 7 nitrogen and oxygen atoms in total. The highest BCUT2D eigenvalue weighted by molar-refractivity contribution is 7.92. The summed E-state index contributed by atoms with van der Waals surface area (Å²) in [6.07, 6.45) is -0.0409. The van der Waals surface area contributed by atoms with Crippen LogP contribution in [-0.2, 0) is 19.6 Å². The van der Waals surface area contributed by atoms with Gasteiger partial charge in [0.2, 0.25) is 10.0 Å². The van der Waals surface area contributed by atoms with E-state index in [0.717, 1.165) is 11.8 Å². The molecule has 1 amide bonds. The van der Waals surface area contributed by atoms with Crippen molar-refractivity contribution in [3.8, 4) is 0 Å². The maximum Gasteiger partial charge on any atom is 0.341 e. The van der Waals surface area contributed by atoms with Crippen molar-refractivity contribution >= 4 is 27.6 Å². The lowest BCUT2D eigenvalue weighted by atomic mass is 10.0. The van der Waals surface area contributed by atoms with Gasteiger partial charge in [-0.15, -0.1) is 0 Å². The molecule has 28 heavy (non-hydrogen) atoms. The van der Waals surface area contributed by atoms with E-state index in [1.807, 2.05) is 37.3 Å². The molecule has 8 heteroatoms. The fourth-order valence-electron chi connectivity index (χ4n) is 2.52. The standard InChI is InChI=1S/C20H24N2O5S/c1-14(16-9-5-4-6-10-16)13-21-19(23)15(2)27-20(24)17-11-7-8-12-18(17)22-28(3,25)26/h4-12,14-15,22H,13H2,1-3H3,(H,21,23)/t14-,15+/m1/s1. The third kappa shape index (κ3) is 6.38. The molecule has 0 saturated carbocycles. The highest BCUT2D eigenvalue weighted by atomic mass is 32.2. The molecule has 0 aromatic heterocycles. The average Bonchev–Trinajstić information content (AvgIpc) is 2.65. The predicted molar refractivity (Wildman–Crippen MR) is 108 cm³/mol. The third-order valence-electron chi connectivity index (χ3n) is 4.05. The van der Waals surface area contributed by atoms with Crippen LogP contribution in [0.5, 0.6) is 0 Å². The largest absolute Gasteiger partial charge is 0.449 e. The fourth-order valence-corrected chi connectivity index (χ4v) is 3.10. The van der Waals surface area contributed by atoms with Crippen LogP contribution in [-0.4, -0.2) is 39.2 Å². The highest BCUT2D eigenvalue weighted by Gasteiger charge is 2.22. The van der Waals surface area contributed by atoms with Gasteiger partial charge < -0.3 is 10.1 Å². The van der Waals surface area contributed by atoms with Gasteiger partial charge in [-0.05, 0) is 30.5 Å². The number of carbonyl (C=O) groups excluding carboxylic acids is 2. The Hall–Kier alpha value is -2.87. The molecule has 0 fully saturated rings. The fraction of sp³-hybridized carbons (Fsp3) is 0.300. The number of carbonyl (C=O) groups is 2. The molecular weight excluding hydrogens is 380 g/mol. The number of esters is 1. The van der Waals surface area contributed by atoms with Gasteiger partial charge in [0.15, 0.2) is 6.10 Å². The maximum absolute atomic E-state index is 12.4. The molecule has 2 rings (SSSR count). The molecule has 0 aliphatic carbocycles. The molecular formula is C20H24N2O5S. The van der Waals surface area contributed by atoms with Crippen molar-refractivity contribution in [1.29, 1.82) is 0 Å². The molecule has 0 spiro atoms. The van der Waals surface area contributed by atoms with E-state index in [0.29, 0.717) is 6.54 Å². The van der Waals surface area contributed by atoms with E-state index in [1.165, 1.54) is 19.1 Å². The van der Waals surface area contributed by atoms with Crippen molar-refractivity contribution in [2.24, 2.45) is 0 Å². The van der Waals surface area contributed by atoms with Gasteiger partial charge in [0.05, 0.1) is 17.5 Å². The molecule has 0 saturated heterocycles. The Morgan fingerprint density at radius 3 is 2.25 bits per heavy atom. The first-order valence-electron chi connectivity index (χ1n) is 8.78. The molecule has 0 unspecified atom stereocenters. The highest BCUT2D eigenvalue weighted by Crippen LogP contribution is 2.18. The number of hydrogen-bond acceptors (Lipinski definition) is 5. The number of rotatable bonds is 8. The van der Waals surface area contributed by atoms with Crippen LogP contribution in [0.2, 0.25) is 0 Å². The van der Waals surface area contributed by atoms with Crippen molar-refractivity contribution in [3.63, 3.8) is 0 Å². The average molecular weight is 404 g/mol. The third-order valence-corrected chi connectivity index (χ3v) is 4.64. The summed E-state index contributed by atoms with van der Waals surface area (Å²) in [6.45, 7) is 3.85. The molecule has 0 aliphatic heterocycles. The Kier molecular flexibility index (Phi) is 7.17. The lowest BCUT2D eigenvalue weighted by molar-refractivity contribution is -0.129. The second kappa shape index (κ2) is 9.36. The van der Waals surface area contributed by atoms with E-state index >= 15 is 0 Å². The first-order valence-corrected chi connectivity index (χ1v) is 10.7. The van der Waals surface area contributed by atoms with Crippen molar-refractivity contribution < 1.29 is 22.7 Å². The van der Waals surface area contributed by atoms with Crippen LogP contribution in [0.4, 0.5) is 5.69 Å². The van der Waals surface area contributed by atoms with Crippen molar-refractivity contribution in [1.82, 2.24) is 5.32 Å². The Labute approximate surface area is 165 Å². The van der Waals surface area contributed by atoms with Crippen LogP contribution in [0.3, 0.4) is 0 Å². The van der Waals surface area contributed by atoms with Crippen LogP contribution in [0.15, 0.2) is 54.6 Å². The molecule has 0 heterocycles. The number of ether oxygens (including phenoxy) is 1. The van der Waals surface area contributed by atoms with Crippen LogP contribution < -0.4 is 10.0 Å². The summed E-state index contributed by atoms with van der Waals surface area (Å²) < 4.78 is 30.4. The molecule has 2 N–H and O–H groups in total. The molecule has 2 atom stereocenters. The first-order chi connectivity index (χ1) is 13.2. The van der Waals surface area contributed by atoms with Gasteiger partial charge in [-0.25, -0.2) is 13.2 Å². The second-order valence-corrected chi connectivity index (χ2v) is 8.27. The van der Waals surface area contributed by atoms with Gasteiger partial charge in [-0.2, -0.15) is 0 Å². The number of benzene rings is 2. The number of para-hydroxylation sites is 1. The number of sulfonamides is 1.